The molecule has 0 aromatic heterocycles. The molecule has 0 aliphatic heterocycles. The van der Waals surface area contributed by atoms with E-state index < -0.39 is 5.97 Å². The van der Waals surface area contributed by atoms with E-state index in [1.54, 1.807) is 7.05 Å². The first-order valence-electron chi connectivity index (χ1n) is 4.58. The molecule has 0 unspecified atom stereocenters. The van der Waals surface area contributed by atoms with Gasteiger partial charge in [0.15, 0.2) is 0 Å². The second-order valence-electron chi connectivity index (χ2n) is 2.84. The molecule has 0 aliphatic carbocycles. The molecule has 0 spiro atoms. The zero-order valence-electron chi connectivity index (χ0n) is 8.55. The van der Waals surface area contributed by atoms with Crippen LogP contribution in [-0.4, -0.2) is 32.9 Å². The molecular formula is C9H17INO3-. The molecule has 4 nitrogen and oxygen atoms in total. The zero-order chi connectivity index (χ0) is 11.0. The van der Waals surface area contributed by atoms with Crippen LogP contribution in [0.3, 0.4) is 0 Å². The van der Waals surface area contributed by atoms with Gasteiger partial charge in [0.25, 0.3) is 0 Å². The number of alkyl halides is 2. The van der Waals surface area contributed by atoms with Crippen LogP contribution in [0.2, 0.25) is 0 Å². The van der Waals surface area contributed by atoms with Gasteiger partial charge in [-0.1, -0.05) is 0 Å². The Kier molecular flexibility index (Phi) is 7.83. The molecule has 0 saturated carbocycles. The summed E-state index contributed by atoms with van der Waals surface area (Å²) in [5.74, 6) is -1.38. The number of rotatable bonds is 7. The maximum absolute atomic E-state index is 11.3. The van der Waals surface area contributed by atoms with Crippen LogP contribution >= 0.6 is 0 Å². The van der Waals surface area contributed by atoms with Crippen LogP contribution in [0.4, 0.5) is 0 Å². The van der Waals surface area contributed by atoms with E-state index in [0.717, 1.165) is 4.43 Å². The molecule has 14 heavy (non-hydrogen) atoms. The van der Waals surface area contributed by atoms with Crippen molar-refractivity contribution in [3.05, 3.63) is 0 Å². The predicted molar refractivity (Wildman–Crippen MR) is 49.8 cm³/mol. The molecule has 0 fully saturated rings. The van der Waals surface area contributed by atoms with Crippen LogP contribution < -0.4 is 26.5 Å². The van der Waals surface area contributed by atoms with E-state index in [1.165, 1.54) is 4.43 Å². The average Bonchev–Trinajstić information content (AvgIpc) is 2.15. The van der Waals surface area contributed by atoms with Crippen LogP contribution in [0.1, 0.15) is 19.8 Å². The Morgan fingerprint density at radius 2 is 2.14 bits per heavy atom. The summed E-state index contributed by atoms with van der Waals surface area (Å²) in [5.41, 5.74) is 0. The standard InChI is InChI=1S/C9H17INO3/c1-3-10-5-4-7(6-8(12)13)9(14)11-2/h7H,3-6H2,1-2H3,(H,11,14)(H,12,13)/q-1/t7-/m0/s1. The summed E-state index contributed by atoms with van der Waals surface area (Å²) in [7, 11) is 1.55. The Morgan fingerprint density at radius 1 is 1.50 bits per heavy atom. The second kappa shape index (κ2) is 8.02. The molecule has 0 aromatic carbocycles. The van der Waals surface area contributed by atoms with Crippen molar-refractivity contribution in [1.29, 1.82) is 0 Å². The van der Waals surface area contributed by atoms with E-state index in [0.29, 0.717) is 6.42 Å². The zero-order valence-corrected chi connectivity index (χ0v) is 10.7. The van der Waals surface area contributed by atoms with Gasteiger partial charge in [-0.25, -0.2) is 0 Å². The van der Waals surface area contributed by atoms with Crippen molar-refractivity contribution in [3.8, 4) is 0 Å². The number of carboxylic acids is 1. The van der Waals surface area contributed by atoms with Crippen molar-refractivity contribution in [2.45, 2.75) is 19.8 Å². The van der Waals surface area contributed by atoms with Gasteiger partial charge < -0.3 is 0 Å². The predicted octanol–water partition coefficient (Wildman–Crippen LogP) is -2.68. The molecule has 84 valence electrons. The van der Waals surface area contributed by atoms with Gasteiger partial charge in [-0.3, -0.25) is 0 Å². The molecule has 5 heteroatoms. The third-order valence-electron chi connectivity index (χ3n) is 1.82. The first-order chi connectivity index (χ1) is 6.61. The van der Waals surface area contributed by atoms with Gasteiger partial charge in [0, 0.05) is 0 Å². The molecule has 0 saturated heterocycles. The van der Waals surface area contributed by atoms with E-state index in [9.17, 15) is 9.59 Å². The molecular weight excluding hydrogens is 297 g/mol. The van der Waals surface area contributed by atoms with Crippen molar-refractivity contribution >= 4 is 11.9 Å². The fourth-order valence-electron chi connectivity index (χ4n) is 1.08. The summed E-state index contributed by atoms with van der Waals surface area (Å²) in [4.78, 5) is 21.8. The fourth-order valence-corrected chi connectivity index (χ4v) is 3.04. The number of carboxylic acid groups (broad SMARTS) is 1. The van der Waals surface area contributed by atoms with Crippen LogP contribution in [0.25, 0.3) is 0 Å². The molecule has 1 amide bonds. The van der Waals surface area contributed by atoms with Crippen molar-refractivity contribution in [1.82, 2.24) is 5.32 Å². The first kappa shape index (κ1) is 13.7. The van der Waals surface area contributed by atoms with E-state index >= 15 is 0 Å². The van der Waals surface area contributed by atoms with Gasteiger partial charge in [-0.2, -0.15) is 0 Å². The molecule has 1 atom stereocenters. The molecule has 0 bridgehead atoms. The van der Waals surface area contributed by atoms with Crippen molar-refractivity contribution in [3.63, 3.8) is 0 Å². The first-order valence-corrected chi connectivity index (χ1v) is 7.63. The minimum absolute atomic E-state index is 0.0485. The van der Waals surface area contributed by atoms with Crippen LogP contribution in [-0.2, 0) is 9.59 Å². The summed E-state index contributed by atoms with van der Waals surface area (Å²) in [5, 5.41) is 11.1. The van der Waals surface area contributed by atoms with Gasteiger partial charge in [0.05, 0.1) is 0 Å². The SMILES string of the molecule is CC[I-]CC[C@@H](CC(=O)O)C(=O)NC. The van der Waals surface area contributed by atoms with Crippen molar-refractivity contribution < 1.29 is 35.9 Å². The number of carbonyl (C=O) groups is 2. The maximum atomic E-state index is 11.3. The Labute approximate surface area is 94.7 Å². The summed E-state index contributed by atoms with van der Waals surface area (Å²) < 4.78 is 2.22. The number of hydrogen-bond donors (Lipinski definition) is 2. The quantitative estimate of drug-likeness (QED) is 0.306. The summed E-state index contributed by atoms with van der Waals surface area (Å²) in [6.45, 7) is 2.12. The van der Waals surface area contributed by atoms with Gasteiger partial charge in [0.2, 0.25) is 0 Å². The molecule has 0 rings (SSSR count). The van der Waals surface area contributed by atoms with Crippen LogP contribution in [0.5, 0.6) is 0 Å². The van der Waals surface area contributed by atoms with Gasteiger partial charge in [-0.15, -0.1) is 0 Å². The normalized spacial score (nSPS) is 12.4. The minimum atomic E-state index is -0.895. The number of aliphatic carboxylic acids is 1. The topological polar surface area (TPSA) is 66.4 Å². The Hall–Kier alpha value is -0.330. The Morgan fingerprint density at radius 3 is 2.57 bits per heavy atom. The van der Waals surface area contributed by atoms with Gasteiger partial charge in [0.1, 0.15) is 0 Å². The Bertz CT molecular complexity index is 196. The molecule has 0 aromatic rings. The number of nitrogens with one attached hydrogen (secondary N) is 1. The van der Waals surface area contributed by atoms with E-state index in [1.807, 2.05) is 0 Å². The van der Waals surface area contributed by atoms with Crippen LogP contribution in [0, 0.1) is 5.92 Å². The monoisotopic (exact) mass is 314 g/mol. The van der Waals surface area contributed by atoms with E-state index in [4.69, 9.17) is 5.11 Å². The molecule has 0 heterocycles. The van der Waals surface area contributed by atoms with E-state index in [2.05, 4.69) is 12.2 Å². The van der Waals surface area contributed by atoms with E-state index in [-0.39, 0.29) is 39.5 Å². The number of amides is 1. The number of carbonyl (C=O) groups excluding carboxylic acids is 1. The summed E-state index contributed by atoms with van der Waals surface area (Å²) in [6.07, 6.45) is 0.667. The molecule has 2 N–H and O–H groups in total. The molecule has 0 aliphatic rings. The third-order valence-corrected chi connectivity index (χ3v) is 4.28. The van der Waals surface area contributed by atoms with Gasteiger partial charge in [-0.05, 0) is 0 Å². The third kappa shape index (κ3) is 6.17. The van der Waals surface area contributed by atoms with Crippen molar-refractivity contribution in [2.75, 3.05) is 15.9 Å². The van der Waals surface area contributed by atoms with Crippen molar-refractivity contribution in [2.24, 2.45) is 5.92 Å². The summed E-state index contributed by atoms with van der Waals surface area (Å²) in [6, 6.07) is 0. The second-order valence-corrected chi connectivity index (χ2v) is 6.53. The fraction of sp³-hybridized carbons (Fsp3) is 0.778. The van der Waals surface area contributed by atoms with Gasteiger partial charge >= 0.3 is 94.7 Å². The number of halogens is 1. The molecule has 0 radical (unpaired) electrons. The van der Waals surface area contributed by atoms with Crippen LogP contribution in [0.15, 0.2) is 0 Å². The summed E-state index contributed by atoms with van der Waals surface area (Å²) >= 11 is 0.165. The Balaban J connectivity index is 3.97. The average molecular weight is 314 g/mol. The number of hydrogen-bond acceptors (Lipinski definition) is 2.